The van der Waals surface area contributed by atoms with Crippen molar-refractivity contribution < 1.29 is 9.47 Å². The molecule has 9 rings (SSSR count). The second kappa shape index (κ2) is 12.1. The molecule has 0 bridgehead atoms. The highest BCUT2D eigenvalue weighted by molar-refractivity contribution is 5.88. The van der Waals surface area contributed by atoms with Gasteiger partial charge in [-0.25, -0.2) is 15.0 Å². The lowest BCUT2D eigenvalue weighted by atomic mass is 9.73. The molecule has 5 heteroatoms. The fourth-order valence-electron chi connectivity index (χ4n) is 7.64. The highest BCUT2D eigenvalue weighted by Crippen LogP contribution is 2.48. The van der Waals surface area contributed by atoms with Crippen molar-refractivity contribution in [3.05, 3.63) is 174 Å². The molecule has 3 atom stereocenters. The second-order valence-corrected chi connectivity index (χ2v) is 13.3. The average Bonchev–Trinajstić information content (AvgIpc) is 3.57. The number of nitrogens with zero attached hydrogens (tertiary/aromatic N) is 3. The summed E-state index contributed by atoms with van der Waals surface area (Å²) in [6.45, 7) is 2.27. The first kappa shape index (κ1) is 30.0. The van der Waals surface area contributed by atoms with Crippen molar-refractivity contribution in [2.24, 2.45) is 0 Å². The van der Waals surface area contributed by atoms with Crippen LogP contribution in [0.2, 0.25) is 0 Å². The third-order valence-electron chi connectivity index (χ3n) is 10.2. The number of fused-ring (bicyclic) bond motifs is 4. The van der Waals surface area contributed by atoms with E-state index in [0.29, 0.717) is 17.5 Å². The molecule has 5 nitrogen and oxygen atoms in total. The van der Waals surface area contributed by atoms with E-state index >= 15 is 0 Å². The van der Waals surface area contributed by atoms with Crippen LogP contribution < -0.4 is 9.47 Å². The zero-order valence-corrected chi connectivity index (χ0v) is 28.0. The van der Waals surface area contributed by atoms with Crippen LogP contribution in [0.15, 0.2) is 152 Å². The van der Waals surface area contributed by atoms with Gasteiger partial charge in [0, 0.05) is 33.2 Å². The van der Waals surface area contributed by atoms with Crippen molar-refractivity contribution in [1.82, 2.24) is 15.0 Å². The summed E-state index contributed by atoms with van der Waals surface area (Å²) in [5.74, 6) is 3.57. The smallest absolute Gasteiger partial charge is 0.164 e. The molecule has 0 N–H and O–H groups in total. The molecule has 2 aliphatic carbocycles. The number of hydrogen-bond donors (Lipinski definition) is 0. The largest absolute Gasteiger partial charge is 0.496 e. The van der Waals surface area contributed by atoms with Crippen LogP contribution in [0, 0.1) is 0 Å². The van der Waals surface area contributed by atoms with E-state index < -0.39 is 0 Å². The maximum absolute atomic E-state index is 6.37. The highest BCUT2D eigenvalue weighted by Gasteiger charge is 2.39. The molecular weight excluding hydrogens is 615 g/mol. The maximum Gasteiger partial charge on any atom is 0.164 e. The number of rotatable bonds is 6. The summed E-state index contributed by atoms with van der Waals surface area (Å²) in [6, 6.07) is 39.7. The predicted octanol–water partition coefficient (Wildman–Crippen LogP) is 10.2. The number of ether oxygens (including phenoxy) is 2. The van der Waals surface area contributed by atoms with E-state index in [-0.39, 0.29) is 17.4 Å². The lowest BCUT2D eigenvalue weighted by molar-refractivity contribution is 0.271. The Hall–Kier alpha value is -6.07. The SMILES string of the molecule is COc1cccc(-c2nc(C3=CC=CC4Oc5ccccc5C34)nc(-c3ccccc3)n2)c1C1(C)C=CC(c2ccc3ccccc3c2)=CC1. The standard InChI is InChI=1S/C45H35N3O2/c1-45(26-24-30(25-27-45)33-23-22-29-12-6-7-15-32(29)28-33)41-36(18-11-21-39(41)49-2)44-47-42(31-13-4-3-5-14-31)46-43(48-44)35-17-10-20-38-40(35)34-16-8-9-19-37(34)50-38/h3-26,28,38,40H,27H2,1-2H3. The predicted molar refractivity (Wildman–Crippen MR) is 201 cm³/mol. The zero-order chi connectivity index (χ0) is 33.7. The maximum atomic E-state index is 6.37. The van der Waals surface area contributed by atoms with Crippen LogP contribution in [0.4, 0.5) is 0 Å². The summed E-state index contributed by atoms with van der Waals surface area (Å²) < 4.78 is 12.4. The fraction of sp³-hybridized carbons (Fsp3) is 0.133. The lowest BCUT2D eigenvalue weighted by Crippen LogP contribution is -2.23. The number of allylic oxidation sites excluding steroid dienone is 6. The molecule has 6 aromatic rings. The molecule has 0 radical (unpaired) electrons. The summed E-state index contributed by atoms with van der Waals surface area (Å²) in [5, 5.41) is 2.48. The number of hydrogen-bond acceptors (Lipinski definition) is 5. The molecule has 5 aromatic carbocycles. The molecule has 50 heavy (non-hydrogen) atoms. The fourth-order valence-corrected chi connectivity index (χ4v) is 7.64. The second-order valence-electron chi connectivity index (χ2n) is 13.3. The summed E-state index contributed by atoms with van der Waals surface area (Å²) in [5.41, 5.74) is 7.11. The normalized spacial score (nSPS) is 20.4. The molecule has 1 aliphatic heterocycles. The van der Waals surface area contributed by atoms with Crippen molar-refractivity contribution in [2.45, 2.75) is 30.8 Å². The Morgan fingerprint density at radius 2 is 1.52 bits per heavy atom. The van der Waals surface area contributed by atoms with Gasteiger partial charge in [-0.3, -0.25) is 0 Å². The first-order chi connectivity index (χ1) is 24.6. The van der Waals surface area contributed by atoms with Crippen molar-refractivity contribution in [3.63, 3.8) is 0 Å². The zero-order valence-electron chi connectivity index (χ0n) is 28.0. The van der Waals surface area contributed by atoms with Crippen LogP contribution in [-0.4, -0.2) is 28.2 Å². The molecule has 3 unspecified atom stereocenters. The van der Waals surface area contributed by atoms with Gasteiger partial charge in [0.15, 0.2) is 17.5 Å². The van der Waals surface area contributed by atoms with Gasteiger partial charge < -0.3 is 9.47 Å². The van der Waals surface area contributed by atoms with E-state index in [1.54, 1.807) is 7.11 Å². The van der Waals surface area contributed by atoms with Gasteiger partial charge in [0.05, 0.1) is 13.0 Å². The van der Waals surface area contributed by atoms with E-state index in [1.807, 2.05) is 54.6 Å². The number of para-hydroxylation sites is 1. The van der Waals surface area contributed by atoms with E-state index in [4.69, 9.17) is 24.4 Å². The third kappa shape index (κ3) is 5.14. The van der Waals surface area contributed by atoms with Crippen molar-refractivity contribution in [2.75, 3.05) is 7.11 Å². The monoisotopic (exact) mass is 649 g/mol. The minimum Gasteiger partial charge on any atom is -0.496 e. The first-order valence-corrected chi connectivity index (χ1v) is 17.1. The Balaban J connectivity index is 1.16. The summed E-state index contributed by atoms with van der Waals surface area (Å²) >= 11 is 0. The summed E-state index contributed by atoms with van der Waals surface area (Å²) in [4.78, 5) is 15.5. The molecule has 0 amide bonds. The van der Waals surface area contributed by atoms with Gasteiger partial charge >= 0.3 is 0 Å². The van der Waals surface area contributed by atoms with Crippen LogP contribution in [0.1, 0.15) is 41.8 Å². The highest BCUT2D eigenvalue weighted by atomic mass is 16.5. The van der Waals surface area contributed by atoms with E-state index in [9.17, 15) is 0 Å². The first-order valence-electron chi connectivity index (χ1n) is 17.1. The van der Waals surface area contributed by atoms with Crippen LogP contribution in [-0.2, 0) is 5.41 Å². The van der Waals surface area contributed by atoms with Crippen LogP contribution >= 0.6 is 0 Å². The number of methoxy groups -OCH3 is 1. The van der Waals surface area contributed by atoms with E-state index in [0.717, 1.165) is 45.7 Å². The molecule has 0 spiro atoms. The molecule has 0 saturated heterocycles. The number of aromatic nitrogens is 3. The van der Waals surface area contributed by atoms with Crippen LogP contribution in [0.3, 0.4) is 0 Å². The minimum absolute atomic E-state index is 0.0164. The summed E-state index contributed by atoms with van der Waals surface area (Å²) in [6.07, 6.45) is 13.9. The Labute approximate surface area is 292 Å². The van der Waals surface area contributed by atoms with Crippen molar-refractivity contribution >= 4 is 21.9 Å². The lowest BCUT2D eigenvalue weighted by Gasteiger charge is -2.32. The minimum atomic E-state index is -0.377. The van der Waals surface area contributed by atoms with Crippen LogP contribution in [0.25, 0.3) is 44.7 Å². The molecule has 242 valence electrons. The Bertz CT molecular complexity index is 2410. The number of benzene rings is 5. The van der Waals surface area contributed by atoms with E-state index in [1.165, 1.54) is 21.9 Å². The average molecular weight is 650 g/mol. The molecule has 2 heterocycles. The van der Waals surface area contributed by atoms with Gasteiger partial charge in [0.2, 0.25) is 0 Å². The van der Waals surface area contributed by atoms with E-state index in [2.05, 4.69) is 104 Å². The van der Waals surface area contributed by atoms with Gasteiger partial charge in [-0.2, -0.15) is 0 Å². The van der Waals surface area contributed by atoms with Gasteiger partial charge in [-0.15, -0.1) is 0 Å². The summed E-state index contributed by atoms with van der Waals surface area (Å²) in [7, 11) is 1.74. The third-order valence-corrected chi connectivity index (χ3v) is 10.2. The molecule has 0 saturated carbocycles. The van der Waals surface area contributed by atoms with Gasteiger partial charge in [0.25, 0.3) is 0 Å². The van der Waals surface area contributed by atoms with Gasteiger partial charge in [-0.1, -0.05) is 134 Å². The Kier molecular flexibility index (Phi) is 7.27. The molecule has 3 aliphatic rings. The quantitative estimate of drug-likeness (QED) is 0.180. The molecule has 0 fully saturated rings. The topological polar surface area (TPSA) is 57.1 Å². The molecular formula is C45H35N3O2. The van der Waals surface area contributed by atoms with Gasteiger partial charge in [-0.05, 0) is 52.6 Å². The Morgan fingerprint density at radius 3 is 2.36 bits per heavy atom. The van der Waals surface area contributed by atoms with Crippen LogP contribution in [0.5, 0.6) is 11.5 Å². The molecule has 1 aromatic heterocycles. The Morgan fingerprint density at radius 1 is 0.740 bits per heavy atom. The van der Waals surface area contributed by atoms with Crippen molar-refractivity contribution in [1.29, 1.82) is 0 Å². The van der Waals surface area contributed by atoms with Crippen molar-refractivity contribution in [3.8, 4) is 34.3 Å². The van der Waals surface area contributed by atoms with Gasteiger partial charge in [0.1, 0.15) is 17.6 Å².